The number of aromatic nitrogens is 2. The molecule has 0 bridgehead atoms. The van der Waals surface area contributed by atoms with E-state index in [0.717, 1.165) is 27.2 Å². The van der Waals surface area contributed by atoms with Crippen LogP contribution in [0.25, 0.3) is 10.2 Å². The normalized spacial score (nSPS) is 11.0. The Morgan fingerprint density at radius 1 is 1.22 bits per heavy atom. The molecule has 2 heterocycles. The third-order valence-corrected chi connectivity index (χ3v) is 5.07. The molecular formula is C20H23N3O3S. The zero-order chi connectivity index (χ0) is 19.4. The number of esters is 1. The van der Waals surface area contributed by atoms with E-state index in [-0.39, 0.29) is 5.97 Å². The van der Waals surface area contributed by atoms with Crippen LogP contribution in [-0.4, -0.2) is 29.2 Å². The minimum absolute atomic E-state index is 0.324. The van der Waals surface area contributed by atoms with Gasteiger partial charge < -0.3 is 14.8 Å². The quantitative estimate of drug-likeness (QED) is 0.580. The molecule has 0 atom stereocenters. The van der Waals surface area contributed by atoms with Crippen LogP contribution in [0.5, 0.6) is 5.75 Å². The number of nitrogens with one attached hydrogen (secondary N) is 1. The van der Waals surface area contributed by atoms with Gasteiger partial charge in [-0.3, -0.25) is 0 Å². The van der Waals surface area contributed by atoms with Gasteiger partial charge in [0.25, 0.3) is 0 Å². The number of aryl methyl sites for hydroxylation is 1. The summed E-state index contributed by atoms with van der Waals surface area (Å²) in [6.07, 6.45) is 1.50. The monoisotopic (exact) mass is 385 g/mol. The first-order valence-corrected chi connectivity index (χ1v) is 9.72. The van der Waals surface area contributed by atoms with Crippen molar-refractivity contribution in [2.75, 3.05) is 18.5 Å². The summed E-state index contributed by atoms with van der Waals surface area (Å²) in [6.45, 7) is 8.94. The molecule has 0 unspecified atom stereocenters. The van der Waals surface area contributed by atoms with Crippen molar-refractivity contribution in [1.29, 1.82) is 0 Å². The van der Waals surface area contributed by atoms with Crippen LogP contribution in [0.2, 0.25) is 0 Å². The number of carbonyl (C=O) groups excluding carboxylic acids is 1. The first-order valence-electron chi connectivity index (χ1n) is 8.90. The number of anilines is 2. The maximum Gasteiger partial charge on any atom is 0.348 e. The van der Waals surface area contributed by atoms with Gasteiger partial charge in [0.2, 0.25) is 0 Å². The molecule has 0 fully saturated rings. The zero-order valence-electron chi connectivity index (χ0n) is 15.9. The molecule has 0 aliphatic rings. The van der Waals surface area contributed by atoms with Gasteiger partial charge in [-0.05, 0) is 49.6 Å². The molecule has 0 spiro atoms. The number of rotatable bonds is 7. The molecule has 27 heavy (non-hydrogen) atoms. The first-order chi connectivity index (χ1) is 13.0. The van der Waals surface area contributed by atoms with E-state index in [1.807, 2.05) is 31.2 Å². The highest BCUT2D eigenvalue weighted by Gasteiger charge is 2.20. The summed E-state index contributed by atoms with van der Waals surface area (Å²) < 4.78 is 10.8. The van der Waals surface area contributed by atoms with Crippen molar-refractivity contribution >= 4 is 39.0 Å². The number of hydrogen-bond acceptors (Lipinski definition) is 7. The van der Waals surface area contributed by atoms with E-state index in [1.54, 1.807) is 6.92 Å². The first kappa shape index (κ1) is 19.1. The highest BCUT2D eigenvalue weighted by Crippen LogP contribution is 2.35. The smallest absolute Gasteiger partial charge is 0.348 e. The van der Waals surface area contributed by atoms with Crippen LogP contribution >= 0.6 is 11.3 Å². The second-order valence-corrected chi connectivity index (χ2v) is 7.53. The van der Waals surface area contributed by atoms with Crippen molar-refractivity contribution in [2.24, 2.45) is 5.92 Å². The molecule has 3 aromatic rings. The van der Waals surface area contributed by atoms with Crippen molar-refractivity contribution in [1.82, 2.24) is 9.97 Å². The molecule has 6 nitrogen and oxygen atoms in total. The van der Waals surface area contributed by atoms with Crippen molar-refractivity contribution in [3.8, 4) is 5.75 Å². The second kappa shape index (κ2) is 8.35. The van der Waals surface area contributed by atoms with Gasteiger partial charge in [0.1, 0.15) is 27.6 Å². The fourth-order valence-corrected chi connectivity index (χ4v) is 3.63. The Bertz CT molecular complexity index is 936. The lowest BCUT2D eigenvalue weighted by Crippen LogP contribution is -2.04. The summed E-state index contributed by atoms with van der Waals surface area (Å²) in [6, 6.07) is 7.73. The van der Waals surface area contributed by atoms with E-state index in [2.05, 4.69) is 29.1 Å². The van der Waals surface area contributed by atoms with Crippen molar-refractivity contribution in [3.63, 3.8) is 0 Å². The van der Waals surface area contributed by atoms with Crippen LogP contribution in [0.15, 0.2) is 30.6 Å². The van der Waals surface area contributed by atoms with E-state index >= 15 is 0 Å². The summed E-state index contributed by atoms with van der Waals surface area (Å²) in [5.41, 5.74) is 1.71. The Morgan fingerprint density at radius 3 is 2.63 bits per heavy atom. The molecule has 0 radical (unpaired) electrons. The molecule has 2 aromatic heterocycles. The van der Waals surface area contributed by atoms with Gasteiger partial charge in [-0.25, -0.2) is 14.8 Å². The molecule has 142 valence electrons. The van der Waals surface area contributed by atoms with Crippen LogP contribution < -0.4 is 10.1 Å². The Hall–Kier alpha value is -2.67. The standard InChI is InChI=1S/C20H23N3O3S/c1-5-25-20(24)17-13(4)16-18(21-11-22-19(16)27-17)23-14-6-8-15(9-7-14)26-10-12(2)3/h6-9,11-12H,5,10H2,1-4H3,(H,21,22,23). The third-order valence-electron chi connectivity index (χ3n) is 3.89. The summed E-state index contributed by atoms with van der Waals surface area (Å²) in [5, 5.41) is 4.15. The molecule has 0 saturated carbocycles. The highest BCUT2D eigenvalue weighted by atomic mass is 32.1. The SMILES string of the molecule is CCOC(=O)c1sc2ncnc(Nc3ccc(OCC(C)C)cc3)c2c1C. The van der Waals surface area contributed by atoms with Crippen LogP contribution in [-0.2, 0) is 4.74 Å². The average Bonchev–Trinajstić information content (AvgIpc) is 2.99. The van der Waals surface area contributed by atoms with E-state index < -0.39 is 0 Å². The lowest BCUT2D eigenvalue weighted by Gasteiger charge is -2.10. The number of thiophene rings is 1. The van der Waals surface area contributed by atoms with E-state index in [1.165, 1.54) is 17.7 Å². The van der Waals surface area contributed by atoms with E-state index in [0.29, 0.717) is 29.8 Å². The van der Waals surface area contributed by atoms with Gasteiger partial charge in [0, 0.05) is 5.69 Å². The third kappa shape index (κ3) is 4.36. The number of benzene rings is 1. The second-order valence-electron chi connectivity index (χ2n) is 6.53. The molecule has 0 amide bonds. The highest BCUT2D eigenvalue weighted by molar-refractivity contribution is 7.20. The Kier molecular flexibility index (Phi) is 5.91. The number of ether oxygens (including phenoxy) is 2. The van der Waals surface area contributed by atoms with Gasteiger partial charge in [0.15, 0.2) is 0 Å². The van der Waals surface area contributed by atoms with Crippen LogP contribution in [0.4, 0.5) is 11.5 Å². The minimum atomic E-state index is -0.324. The lowest BCUT2D eigenvalue weighted by molar-refractivity contribution is 0.0531. The predicted molar refractivity (Wildman–Crippen MR) is 108 cm³/mol. The van der Waals surface area contributed by atoms with Crippen LogP contribution in [0.1, 0.15) is 36.0 Å². The van der Waals surface area contributed by atoms with Crippen LogP contribution in [0.3, 0.4) is 0 Å². The van der Waals surface area contributed by atoms with Gasteiger partial charge in [-0.15, -0.1) is 11.3 Å². The minimum Gasteiger partial charge on any atom is -0.493 e. The predicted octanol–water partition coefficient (Wildman–Crippen LogP) is 4.95. The summed E-state index contributed by atoms with van der Waals surface area (Å²) >= 11 is 1.32. The Balaban J connectivity index is 1.85. The number of nitrogens with zero attached hydrogens (tertiary/aromatic N) is 2. The van der Waals surface area contributed by atoms with Crippen molar-refractivity contribution in [3.05, 3.63) is 41.0 Å². The summed E-state index contributed by atoms with van der Waals surface area (Å²) in [5.74, 6) is 1.65. The Morgan fingerprint density at radius 2 is 1.96 bits per heavy atom. The lowest BCUT2D eigenvalue weighted by atomic mass is 10.2. The molecule has 7 heteroatoms. The van der Waals surface area contributed by atoms with E-state index in [4.69, 9.17) is 9.47 Å². The van der Waals surface area contributed by atoms with Crippen molar-refractivity contribution in [2.45, 2.75) is 27.7 Å². The molecule has 3 rings (SSSR count). The van der Waals surface area contributed by atoms with Gasteiger partial charge in [-0.2, -0.15) is 0 Å². The van der Waals surface area contributed by atoms with Gasteiger partial charge >= 0.3 is 5.97 Å². The topological polar surface area (TPSA) is 73.3 Å². The maximum atomic E-state index is 12.2. The maximum absolute atomic E-state index is 12.2. The fourth-order valence-electron chi connectivity index (χ4n) is 2.59. The molecule has 1 aromatic carbocycles. The molecule has 0 aliphatic carbocycles. The van der Waals surface area contributed by atoms with Gasteiger partial charge in [0.05, 0.1) is 18.6 Å². The molecular weight excluding hydrogens is 362 g/mol. The van der Waals surface area contributed by atoms with Gasteiger partial charge in [-0.1, -0.05) is 13.8 Å². The largest absolute Gasteiger partial charge is 0.493 e. The summed E-state index contributed by atoms with van der Waals surface area (Å²) in [4.78, 5) is 22.1. The number of fused-ring (bicyclic) bond motifs is 1. The zero-order valence-corrected chi connectivity index (χ0v) is 16.7. The number of hydrogen-bond donors (Lipinski definition) is 1. The molecule has 0 aliphatic heterocycles. The fraction of sp³-hybridized carbons (Fsp3) is 0.350. The van der Waals surface area contributed by atoms with Crippen molar-refractivity contribution < 1.29 is 14.3 Å². The average molecular weight is 385 g/mol. The van der Waals surface area contributed by atoms with Crippen LogP contribution in [0, 0.1) is 12.8 Å². The molecule has 1 N–H and O–H groups in total. The molecule has 0 saturated heterocycles. The summed E-state index contributed by atoms with van der Waals surface area (Å²) in [7, 11) is 0. The Labute approximate surface area is 162 Å². The number of carbonyl (C=O) groups is 1. The van der Waals surface area contributed by atoms with E-state index in [9.17, 15) is 4.79 Å².